The van der Waals surface area contributed by atoms with Crippen molar-refractivity contribution in [3.05, 3.63) is 54.1 Å². The van der Waals surface area contributed by atoms with Crippen LogP contribution in [0.15, 0.2) is 48.5 Å². The van der Waals surface area contributed by atoms with Crippen LogP contribution in [-0.2, 0) is 0 Å². The van der Waals surface area contributed by atoms with Gasteiger partial charge in [0.15, 0.2) is 5.78 Å². The number of Topliss-reactive ketones (excluding diaryl/α,β-unsaturated/α-hetero) is 1. The molecule has 0 unspecified atom stereocenters. The molecule has 0 aliphatic heterocycles. The van der Waals surface area contributed by atoms with E-state index in [9.17, 15) is 9.90 Å². The number of para-hydroxylation sites is 1. The summed E-state index contributed by atoms with van der Waals surface area (Å²) in [5.41, 5.74) is 0.256. The van der Waals surface area contributed by atoms with E-state index in [0.717, 1.165) is 5.75 Å². The Bertz CT molecular complexity index is 578. The van der Waals surface area contributed by atoms with Crippen molar-refractivity contribution < 1.29 is 19.4 Å². The molecule has 0 aliphatic carbocycles. The number of aromatic hydroxyl groups is 1. The van der Waals surface area contributed by atoms with Gasteiger partial charge in [-0.2, -0.15) is 0 Å². The maximum absolute atomic E-state index is 11.3. The molecule has 2 rings (SSSR count). The maximum Gasteiger partial charge on any atom is 0.163 e. The third kappa shape index (κ3) is 3.75. The molecule has 4 heteroatoms. The largest absolute Gasteiger partial charge is 0.507 e. The summed E-state index contributed by atoms with van der Waals surface area (Å²) < 4.78 is 11.0. The van der Waals surface area contributed by atoms with E-state index in [1.807, 2.05) is 30.3 Å². The van der Waals surface area contributed by atoms with Crippen molar-refractivity contribution >= 4 is 5.78 Å². The van der Waals surface area contributed by atoms with Gasteiger partial charge >= 0.3 is 0 Å². The van der Waals surface area contributed by atoms with Crippen LogP contribution >= 0.6 is 0 Å². The first-order valence-electron chi connectivity index (χ1n) is 6.31. The topological polar surface area (TPSA) is 55.8 Å². The minimum atomic E-state index is -0.200. The average Bonchev–Trinajstić information content (AvgIpc) is 2.46. The molecule has 0 saturated carbocycles. The van der Waals surface area contributed by atoms with Crippen molar-refractivity contribution in [1.82, 2.24) is 0 Å². The van der Waals surface area contributed by atoms with E-state index in [1.54, 1.807) is 6.07 Å². The molecule has 4 nitrogen and oxygen atoms in total. The second-order valence-electron chi connectivity index (χ2n) is 4.25. The SMILES string of the molecule is CC(=O)c1cc(OCCOc2ccccc2)ccc1O. The third-order valence-corrected chi connectivity index (χ3v) is 2.71. The predicted octanol–water partition coefficient (Wildman–Crippen LogP) is 3.05. The van der Waals surface area contributed by atoms with Crippen molar-refractivity contribution in [2.24, 2.45) is 0 Å². The van der Waals surface area contributed by atoms with Crippen LogP contribution < -0.4 is 9.47 Å². The molecule has 0 radical (unpaired) electrons. The Morgan fingerprint density at radius 1 is 1.00 bits per heavy atom. The highest BCUT2D eigenvalue weighted by molar-refractivity contribution is 5.97. The minimum Gasteiger partial charge on any atom is -0.507 e. The molecular weight excluding hydrogens is 256 g/mol. The minimum absolute atomic E-state index is 0.0367. The molecule has 2 aromatic carbocycles. The van der Waals surface area contributed by atoms with Gasteiger partial charge < -0.3 is 14.6 Å². The fourth-order valence-electron chi connectivity index (χ4n) is 1.72. The number of hydrogen-bond acceptors (Lipinski definition) is 4. The summed E-state index contributed by atoms with van der Waals surface area (Å²) in [6, 6.07) is 14.0. The van der Waals surface area contributed by atoms with Gasteiger partial charge in [0.25, 0.3) is 0 Å². The molecule has 0 heterocycles. The number of rotatable bonds is 6. The van der Waals surface area contributed by atoms with Gasteiger partial charge in [0, 0.05) is 0 Å². The number of benzene rings is 2. The smallest absolute Gasteiger partial charge is 0.163 e. The van der Waals surface area contributed by atoms with Crippen LogP contribution in [0.1, 0.15) is 17.3 Å². The van der Waals surface area contributed by atoms with Crippen LogP contribution in [0.3, 0.4) is 0 Å². The van der Waals surface area contributed by atoms with Crippen molar-refractivity contribution in [3.63, 3.8) is 0 Å². The van der Waals surface area contributed by atoms with E-state index in [4.69, 9.17) is 9.47 Å². The van der Waals surface area contributed by atoms with Crippen LogP contribution in [0.5, 0.6) is 17.2 Å². The van der Waals surface area contributed by atoms with Crippen LogP contribution in [0, 0.1) is 0 Å². The number of hydrogen-bond donors (Lipinski definition) is 1. The zero-order valence-corrected chi connectivity index (χ0v) is 11.2. The Kier molecular flexibility index (Phi) is 4.60. The Morgan fingerprint density at radius 2 is 1.65 bits per heavy atom. The number of carbonyl (C=O) groups is 1. The molecule has 0 amide bonds. The number of ether oxygens (including phenoxy) is 2. The van der Waals surface area contributed by atoms with Crippen molar-refractivity contribution in [2.45, 2.75) is 6.92 Å². The van der Waals surface area contributed by atoms with Crippen molar-refractivity contribution in [2.75, 3.05) is 13.2 Å². The number of ketones is 1. The number of phenols is 1. The normalized spacial score (nSPS) is 10.1. The Morgan fingerprint density at radius 3 is 2.30 bits per heavy atom. The highest BCUT2D eigenvalue weighted by atomic mass is 16.5. The van der Waals surface area contributed by atoms with E-state index in [0.29, 0.717) is 19.0 Å². The van der Waals surface area contributed by atoms with Crippen LogP contribution in [0.4, 0.5) is 0 Å². The van der Waals surface area contributed by atoms with Gasteiger partial charge in [-0.25, -0.2) is 0 Å². The quantitative estimate of drug-likeness (QED) is 0.648. The van der Waals surface area contributed by atoms with Gasteiger partial charge in [0.2, 0.25) is 0 Å². The van der Waals surface area contributed by atoms with E-state index in [-0.39, 0.29) is 17.1 Å². The lowest BCUT2D eigenvalue weighted by Gasteiger charge is -2.09. The highest BCUT2D eigenvalue weighted by Gasteiger charge is 2.07. The van der Waals surface area contributed by atoms with E-state index in [2.05, 4.69) is 0 Å². The second-order valence-corrected chi connectivity index (χ2v) is 4.25. The first-order chi connectivity index (χ1) is 9.66. The first-order valence-corrected chi connectivity index (χ1v) is 6.31. The summed E-state index contributed by atoms with van der Waals surface area (Å²) in [6.45, 7) is 2.16. The summed E-state index contributed by atoms with van der Waals surface area (Å²) in [5.74, 6) is 1.08. The zero-order valence-electron chi connectivity index (χ0n) is 11.2. The Hall–Kier alpha value is -2.49. The van der Waals surface area contributed by atoms with E-state index < -0.39 is 0 Å². The molecule has 104 valence electrons. The summed E-state index contributed by atoms with van der Waals surface area (Å²) in [6.07, 6.45) is 0. The van der Waals surface area contributed by atoms with Crippen molar-refractivity contribution in [3.8, 4) is 17.2 Å². The molecule has 0 fully saturated rings. The Labute approximate surface area is 117 Å². The molecule has 0 bridgehead atoms. The number of carbonyl (C=O) groups excluding carboxylic acids is 1. The molecule has 0 aliphatic rings. The molecule has 0 spiro atoms. The molecule has 0 aromatic heterocycles. The lowest BCUT2D eigenvalue weighted by Crippen LogP contribution is -2.09. The van der Waals surface area contributed by atoms with Gasteiger partial charge in [-0.15, -0.1) is 0 Å². The maximum atomic E-state index is 11.3. The summed E-state index contributed by atoms with van der Waals surface area (Å²) >= 11 is 0. The summed E-state index contributed by atoms with van der Waals surface area (Å²) in [7, 11) is 0. The molecule has 20 heavy (non-hydrogen) atoms. The van der Waals surface area contributed by atoms with Gasteiger partial charge in [0.1, 0.15) is 30.5 Å². The van der Waals surface area contributed by atoms with Crippen LogP contribution in [0.2, 0.25) is 0 Å². The predicted molar refractivity (Wildman–Crippen MR) is 75.5 cm³/mol. The molecule has 0 saturated heterocycles. The van der Waals surface area contributed by atoms with Gasteiger partial charge in [0.05, 0.1) is 5.56 Å². The van der Waals surface area contributed by atoms with E-state index >= 15 is 0 Å². The highest BCUT2D eigenvalue weighted by Crippen LogP contribution is 2.23. The monoisotopic (exact) mass is 272 g/mol. The van der Waals surface area contributed by atoms with Crippen molar-refractivity contribution in [1.29, 1.82) is 0 Å². The van der Waals surface area contributed by atoms with Gasteiger partial charge in [-0.05, 0) is 37.3 Å². The fraction of sp³-hybridized carbons (Fsp3) is 0.188. The lowest BCUT2D eigenvalue weighted by atomic mass is 10.1. The number of phenolic OH excluding ortho intramolecular Hbond substituents is 1. The zero-order chi connectivity index (χ0) is 14.4. The molecule has 2 aromatic rings. The van der Waals surface area contributed by atoms with E-state index in [1.165, 1.54) is 19.1 Å². The van der Waals surface area contributed by atoms with Gasteiger partial charge in [-0.3, -0.25) is 4.79 Å². The van der Waals surface area contributed by atoms with Crippen LogP contribution in [-0.4, -0.2) is 24.1 Å². The summed E-state index contributed by atoms with van der Waals surface area (Å²) in [5, 5.41) is 9.52. The fourth-order valence-corrected chi connectivity index (χ4v) is 1.72. The average molecular weight is 272 g/mol. The molecule has 0 atom stereocenters. The summed E-state index contributed by atoms with van der Waals surface area (Å²) in [4.78, 5) is 11.3. The molecular formula is C16H16O4. The first kappa shape index (κ1) is 13.9. The molecule has 1 N–H and O–H groups in total. The van der Waals surface area contributed by atoms with Crippen LogP contribution in [0.25, 0.3) is 0 Å². The standard InChI is InChI=1S/C16H16O4/c1-12(17)15-11-14(7-8-16(15)18)20-10-9-19-13-5-3-2-4-6-13/h2-8,11,18H,9-10H2,1H3. The Balaban J connectivity index is 1.85. The lowest BCUT2D eigenvalue weighted by molar-refractivity contribution is 0.101. The third-order valence-electron chi connectivity index (χ3n) is 2.71. The van der Waals surface area contributed by atoms with Gasteiger partial charge in [-0.1, -0.05) is 18.2 Å². The second kappa shape index (κ2) is 6.61.